The Morgan fingerprint density at radius 3 is 2.34 bits per heavy atom. The molecule has 0 bridgehead atoms. The van der Waals surface area contributed by atoms with Crippen molar-refractivity contribution in [3.8, 4) is 0 Å². The van der Waals surface area contributed by atoms with Crippen LogP contribution in [-0.4, -0.2) is 46.4 Å². The smallest absolute Gasteiger partial charge is 0.231 e. The number of rotatable bonds is 4. The van der Waals surface area contributed by atoms with Crippen molar-refractivity contribution in [2.24, 2.45) is 0 Å². The van der Waals surface area contributed by atoms with Gasteiger partial charge in [-0.2, -0.15) is 5.10 Å². The van der Waals surface area contributed by atoms with Crippen LogP contribution in [0.3, 0.4) is 0 Å². The SMILES string of the molecule is Cc1ccc(N2C[C@@H](O)[C@@H](NC(=O)C3(c4ccc(C(C)(C)C)cc4)CC3)C2)nn1. The number of aliphatic hydroxyl groups is 1. The second-order valence-electron chi connectivity index (χ2n) is 9.49. The van der Waals surface area contributed by atoms with Crippen molar-refractivity contribution in [2.75, 3.05) is 18.0 Å². The number of β-amino-alcohol motifs (C(OH)–C–C–N with tert-alkyl or cyclic N) is 1. The number of nitrogens with zero attached hydrogens (tertiary/aromatic N) is 3. The summed E-state index contributed by atoms with van der Waals surface area (Å²) in [6.07, 6.45) is 1.08. The highest BCUT2D eigenvalue weighted by Crippen LogP contribution is 2.48. The van der Waals surface area contributed by atoms with E-state index in [0.717, 1.165) is 29.9 Å². The zero-order chi connectivity index (χ0) is 20.8. The van der Waals surface area contributed by atoms with E-state index in [1.165, 1.54) is 5.56 Å². The molecule has 0 spiro atoms. The molecule has 2 atom stereocenters. The van der Waals surface area contributed by atoms with Gasteiger partial charge in [0.2, 0.25) is 5.91 Å². The first-order valence-corrected chi connectivity index (χ1v) is 10.3. The van der Waals surface area contributed by atoms with E-state index in [-0.39, 0.29) is 17.4 Å². The molecule has 1 aliphatic carbocycles. The lowest BCUT2D eigenvalue weighted by Crippen LogP contribution is -2.47. The summed E-state index contributed by atoms with van der Waals surface area (Å²) < 4.78 is 0. The van der Waals surface area contributed by atoms with E-state index in [0.29, 0.717) is 13.1 Å². The van der Waals surface area contributed by atoms with Crippen LogP contribution in [0.2, 0.25) is 0 Å². The average molecular weight is 395 g/mol. The highest BCUT2D eigenvalue weighted by Gasteiger charge is 2.52. The Kier molecular flexibility index (Phi) is 4.85. The second-order valence-corrected chi connectivity index (χ2v) is 9.49. The molecule has 2 heterocycles. The van der Waals surface area contributed by atoms with Gasteiger partial charge in [-0.1, -0.05) is 45.0 Å². The van der Waals surface area contributed by atoms with Gasteiger partial charge in [-0.15, -0.1) is 5.10 Å². The van der Waals surface area contributed by atoms with E-state index >= 15 is 0 Å². The van der Waals surface area contributed by atoms with E-state index < -0.39 is 11.5 Å². The molecule has 2 aromatic rings. The van der Waals surface area contributed by atoms with Crippen molar-refractivity contribution in [2.45, 2.75) is 63.5 Å². The molecule has 1 aromatic heterocycles. The Morgan fingerprint density at radius 2 is 1.79 bits per heavy atom. The molecule has 154 valence electrons. The van der Waals surface area contributed by atoms with Crippen molar-refractivity contribution < 1.29 is 9.90 Å². The Balaban J connectivity index is 1.44. The maximum atomic E-state index is 13.1. The van der Waals surface area contributed by atoms with Gasteiger partial charge in [-0.3, -0.25) is 4.79 Å². The minimum absolute atomic E-state index is 0.0156. The summed E-state index contributed by atoms with van der Waals surface area (Å²) in [6.45, 7) is 9.43. The lowest BCUT2D eigenvalue weighted by molar-refractivity contribution is -0.124. The zero-order valence-corrected chi connectivity index (χ0v) is 17.6. The van der Waals surface area contributed by atoms with Gasteiger partial charge in [0.05, 0.1) is 23.3 Å². The molecule has 0 radical (unpaired) electrons. The lowest BCUT2D eigenvalue weighted by Gasteiger charge is -2.23. The van der Waals surface area contributed by atoms with Crippen molar-refractivity contribution in [3.63, 3.8) is 0 Å². The fraction of sp³-hybridized carbons (Fsp3) is 0.522. The first-order chi connectivity index (χ1) is 13.7. The van der Waals surface area contributed by atoms with E-state index in [4.69, 9.17) is 0 Å². The van der Waals surface area contributed by atoms with Crippen LogP contribution in [0.5, 0.6) is 0 Å². The number of carbonyl (C=O) groups excluding carboxylic acids is 1. The molecule has 0 unspecified atom stereocenters. The van der Waals surface area contributed by atoms with Crippen LogP contribution in [0.4, 0.5) is 5.82 Å². The number of hydrogen-bond acceptors (Lipinski definition) is 5. The van der Waals surface area contributed by atoms with Crippen LogP contribution in [0.1, 0.15) is 50.4 Å². The van der Waals surface area contributed by atoms with Crippen molar-refractivity contribution >= 4 is 11.7 Å². The van der Waals surface area contributed by atoms with Crippen molar-refractivity contribution in [1.29, 1.82) is 0 Å². The monoisotopic (exact) mass is 394 g/mol. The number of aryl methyl sites for hydroxylation is 1. The van der Waals surface area contributed by atoms with E-state index in [2.05, 4.69) is 60.6 Å². The molecule has 1 saturated heterocycles. The standard InChI is InChI=1S/C23H30N4O2/c1-15-5-10-20(26-25-15)27-13-18(19(28)14-27)24-21(29)23(11-12-23)17-8-6-16(7-9-17)22(2,3)4/h5-10,18-19,28H,11-14H2,1-4H3,(H,24,29)/t18-,19+/m0/s1. The molecular weight excluding hydrogens is 364 g/mol. The largest absolute Gasteiger partial charge is 0.389 e. The van der Waals surface area contributed by atoms with Gasteiger partial charge in [0, 0.05) is 13.1 Å². The van der Waals surface area contributed by atoms with Crippen LogP contribution in [0.15, 0.2) is 36.4 Å². The molecule has 1 aliphatic heterocycles. The maximum Gasteiger partial charge on any atom is 0.231 e. The molecular formula is C23H30N4O2. The Hall–Kier alpha value is -2.47. The summed E-state index contributed by atoms with van der Waals surface area (Å²) in [5, 5.41) is 21.9. The first-order valence-electron chi connectivity index (χ1n) is 10.3. The van der Waals surface area contributed by atoms with Gasteiger partial charge in [-0.25, -0.2) is 0 Å². The number of amides is 1. The Bertz CT molecular complexity index is 883. The number of benzene rings is 1. The summed E-state index contributed by atoms with van der Waals surface area (Å²) in [6, 6.07) is 11.9. The summed E-state index contributed by atoms with van der Waals surface area (Å²) in [5.41, 5.74) is 2.82. The predicted molar refractivity (Wildman–Crippen MR) is 113 cm³/mol. The van der Waals surface area contributed by atoms with Crippen molar-refractivity contribution in [3.05, 3.63) is 53.2 Å². The minimum atomic E-state index is -0.624. The van der Waals surface area contributed by atoms with Crippen LogP contribution in [0.25, 0.3) is 0 Å². The van der Waals surface area contributed by atoms with Gasteiger partial charge in [0.15, 0.2) is 5.82 Å². The number of nitrogens with one attached hydrogen (secondary N) is 1. The number of anilines is 1. The number of hydrogen-bond donors (Lipinski definition) is 2. The highest BCUT2D eigenvalue weighted by atomic mass is 16.3. The molecule has 2 aliphatic rings. The summed E-state index contributed by atoms with van der Waals surface area (Å²) in [4.78, 5) is 15.1. The number of carbonyl (C=O) groups is 1. The quantitative estimate of drug-likeness (QED) is 0.833. The summed E-state index contributed by atoms with van der Waals surface area (Å²) in [5.74, 6) is 0.743. The van der Waals surface area contributed by atoms with Crippen LogP contribution in [0, 0.1) is 6.92 Å². The second kappa shape index (κ2) is 7.10. The molecule has 1 aromatic carbocycles. The van der Waals surface area contributed by atoms with Gasteiger partial charge in [0.1, 0.15) is 0 Å². The average Bonchev–Trinajstić information content (AvgIpc) is 3.42. The lowest BCUT2D eigenvalue weighted by atomic mass is 9.85. The first kappa shape index (κ1) is 19.8. The highest BCUT2D eigenvalue weighted by molar-refractivity contribution is 5.91. The topological polar surface area (TPSA) is 78.4 Å². The maximum absolute atomic E-state index is 13.1. The number of aromatic nitrogens is 2. The van der Waals surface area contributed by atoms with Crippen LogP contribution < -0.4 is 10.2 Å². The molecule has 6 heteroatoms. The molecule has 2 N–H and O–H groups in total. The third kappa shape index (κ3) is 3.86. The van der Waals surface area contributed by atoms with E-state index in [1.807, 2.05) is 24.0 Å². The van der Waals surface area contributed by atoms with E-state index in [1.54, 1.807) is 0 Å². The minimum Gasteiger partial charge on any atom is -0.389 e. The number of aliphatic hydroxyl groups excluding tert-OH is 1. The van der Waals surface area contributed by atoms with Gasteiger partial charge < -0.3 is 15.3 Å². The van der Waals surface area contributed by atoms with Crippen LogP contribution >= 0.6 is 0 Å². The third-order valence-corrected chi connectivity index (χ3v) is 6.20. The summed E-state index contributed by atoms with van der Waals surface area (Å²) in [7, 11) is 0. The molecule has 29 heavy (non-hydrogen) atoms. The Labute approximate surface area is 172 Å². The molecule has 1 amide bonds. The summed E-state index contributed by atoms with van der Waals surface area (Å²) >= 11 is 0. The molecule has 1 saturated carbocycles. The third-order valence-electron chi connectivity index (χ3n) is 6.20. The Morgan fingerprint density at radius 1 is 1.10 bits per heavy atom. The predicted octanol–water partition coefficient (Wildman–Crippen LogP) is 2.48. The molecule has 2 fully saturated rings. The van der Waals surface area contributed by atoms with Crippen molar-refractivity contribution in [1.82, 2.24) is 15.5 Å². The molecule has 4 rings (SSSR count). The fourth-order valence-corrected chi connectivity index (χ4v) is 4.04. The fourth-order valence-electron chi connectivity index (χ4n) is 4.04. The van der Waals surface area contributed by atoms with Crippen LogP contribution in [-0.2, 0) is 15.6 Å². The zero-order valence-electron chi connectivity index (χ0n) is 17.6. The van der Waals surface area contributed by atoms with Gasteiger partial charge >= 0.3 is 0 Å². The van der Waals surface area contributed by atoms with Gasteiger partial charge in [0.25, 0.3) is 0 Å². The molecule has 6 nitrogen and oxygen atoms in total. The van der Waals surface area contributed by atoms with E-state index in [9.17, 15) is 9.90 Å². The van der Waals surface area contributed by atoms with Gasteiger partial charge in [-0.05, 0) is 48.4 Å². The normalized spacial score (nSPS) is 23.1.